The first kappa shape index (κ1) is 18.0. The molecule has 0 fully saturated rings. The standard InChI is InChI=1S/C20H21N5O3/c1-11-7-12(2)22-17-16(11)19(25(3)4)24-18(23-17)20(26)21-9-13-5-6-14-15(8-13)28-10-27-14/h5-8H,9-10H2,1-4H3,(H,21,26). The maximum Gasteiger partial charge on any atom is 0.289 e. The van der Waals surface area contributed by atoms with Crippen LogP contribution in [0.25, 0.3) is 11.0 Å². The van der Waals surface area contributed by atoms with Crippen molar-refractivity contribution >= 4 is 22.8 Å². The van der Waals surface area contributed by atoms with Crippen LogP contribution in [0, 0.1) is 13.8 Å². The molecule has 3 heterocycles. The fraction of sp³-hybridized carbons (Fsp3) is 0.300. The highest BCUT2D eigenvalue weighted by atomic mass is 16.7. The summed E-state index contributed by atoms with van der Waals surface area (Å²) in [6.07, 6.45) is 0. The van der Waals surface area contributed by atoms with E-state index in [0.717, 1.165) is 22.2 Å². The van der Waals surface area contributed by atoms with Gasteiger partial charge in [-0.25, -0.2) is 15.0 Å². The summed E-state index contributed by atoms with van der Waals surface area (Å²) in [5.41, 5.74) is 3.29. The number of rotatable bonds is 4. The minimum atomic E-state index is -0.358. The Bertz CT molecular complexity index is 1080. The summed E-state index contributed by atoms with van der Waals surface area (Å²) < 4.78 is 10.7. The third-order valence-electron chi connectivity index (χ3n) is 4.49. The smallest absolute Gasteiger partial charge is 0.289 e. The van der Waals surface area contributed by atoms with E-state index in [0.29, 0.717) is 29.5 Å². The summed E-state index contributed by atoms with van der Waals surface area (Å²) in [5.74, 6) is 1.79. The van der Waals surface area contributed by atoms with Gasteiger partial charge in [0.15, 0.2) is 17.1 Å². The van der Waals surface area contributed by atoms with E-state index in [4.69, 9.17) is 9.47 Å². The van der Waals surface area contributed by atoms with E-state index in [2.05, 4.69) is 20.3 Å². The number of nitrogens with zero attached hydrogens (tertiary/aromatic N) is 4. The number of nitrogens with one attached hydrogen (secondary N) is 1. The van der Waals surface area contributed by atoms with Crippen LogP contribution in [0.1, 0.15) is 27.4 Å². The van der Waals surface area contributed by atoms with E-state index in [1.165, 1.54) is 0 Å². The molecule has 0 saturated heterocycles. The zero-order valence-corrected chi connectivity index (χ0v) is 16.2. The van der Waals surface area contributed by atoms with Crippen LogP contribution in [0.15, 0.2) is 24.3 Å². The van der Waals surface area contributed by atoms with Gasteiger partial charge in [-0.05, 0) is 43.2 Å². The molecule has 1 N–H and O–H groups in total. The summed E-state index contributed by atoms with van der Waals surface area (Å²) in [5, 5.41) is 3.71. The van der Waals surface area contributed by atoms with Gasteiger partial charge in [-0.15, -0.1) is 0 Å². The third-order valence-corrected chi connectivity index (χ3v) is 4.49. The van der Waals surface area contributed by atoms with Crippen LogP contribution in [0.4, 0.5) is 5.82 Å². The number of hydrogen-bond donors (Lipinski definition) is 1. The van der Waals surface area contributed by atoms with Crippen molar-refractivity contribution in [1.29, 1.82) is 0 Å². The number of anilines is 1. The average Bonchev–Trinajstić information content (AvgIpc) is 3.12. The van der Waals surface area contributed by atoms with Crippen LogP contribution >= 0.6 is 0 Å². The summed E-state index contributed by atoms with van der Waals surface area (Å²) in [6.45, 7) is 4.44. The van der Waals surface area contributed by atoms with E-state index >= 15 is 0 Å². The second-order valence-corrected chi connectivity index (χ2v) is 6.91. The lowest BCUT2D eigenvalue weighted by molar-refractivity contribution is 0.0941. The molecular formula is C20H21N5O3. The SMILES string of the molecule is Cc1cc(C)c2c(N(C)C)nc(C(=O)NCc3ccc4c(c3)OCO4)nc2n1. The van der Waals surface area contributed by atoms with Crippen LogP contribution < -0.4 is 19.7 Å². The summed E-state index contributed by atoms with van der Waals surface area (Å²) in [7, 11) is 3.77. The molecule has 2 aromatic heterocycles. The van der Waals surface area contributed by atoms with Gasteiger partial charge in [0.2, 0.25) is 12.6 Å². The first-order chi connectivity index (χ1) is 13.4. The Morgan fingerprint density at radius 1 is 1.11 bits per heavy atom. The van der Waals surface area contributed by atoms with Crippen LogP contribution in [0.2, 0.25) is 0 Å². The van der Waals surface area contributed by atoms with Crippen molar-refractivity contribution in [2.75, 3.05) is 25.8 Å². The molecule has 1 aromatic carbocycles. The molecular weight excluding hydrogens is 358 g/mol. The highest BCUT2D eigenvalue weighted by Crippen LogP contribution is 2.32. The number of amides is 1. The lowest BCUT2D eigenvalue weighted by Gasteiger charge is -2.16. The summed E-state index contributed by atoms with van der Waals surface area (Å²) in [4.78, 5) is 27.9. The number of fused-ring (bicyclic) bond motifs is 2. The maximum atomic E-state index is 12.7. The Morgan fingerprint density at radius 2 is 1.89 bits per heavy atom. The maximum absolute atomic E-state index is 12.7. The molecule has 0 atom stereocenters. The Labute approximate surface area is 162 Å². The van der Waals surface area contributed by atoms with Gasteiger partial charge in [0, 0.05) is 26.3 Å². The van der Waals surface area contributed by atoms with Crippen LogP contribution in [-0.4, -0.2) is 41.7 Å². The quantitative estimate of drug-likeness (QED) is 0.744. The number of hydrogen-bond acceptors (Lipinski definition) is 7. The third kappa shape index (κ3) is 3.28. The van der Waals surface area contributed by atoms with Gasteiger partial charge in [-0.3, -0.25) is 4.79 Å². The molecule has 4 rings (SSSR count). The zero-order valence-electron chi connectivity index (χ0n) is 16.2. The van der Waals surface area contributed by atoms with E-state index in [9.17, 15) is 4.79 Å². The van der Waals surface area contributed by atoms with E-state index in [1.807, 2.05) is 57.1 Å². The average molecular weight is 379 g/mol. The first-order valence-electron chi connectivity index (χ1n) is 8.92. The highest BCUT2D eigenvalue weighted by molar-refractivity contribution is 5.96. The topological polar surface area (TPSA) is 89.5 Å². The molecule has 1 aliphatic heterocycles. The number of aryl methyl sites for hydroxylation is 2. The van der Waals surface area contributed by atoms with Gasteiger partial charge < -0.3 is 19.7 Å². The molecule has 3 aromatic rings. The van der Waals surface area contributed by atoms with Crippen molar-refractivity contribution in [1.82, 2.24) is 20.3 Å². The Hall–Kier alpha value is -3.42. The van der Waals surface area contributed by atoms with Crippen molar-refractivity contribution in [3.8, 4) is 11.5 Å². The number of pyridine rings is 1. The van der Waals surface area contributed by atoms with Crippen molar-refractivity contribution in [2.24, 2.45) is 0 Å². The highest BCUT2D eigenvalue weighted by Gasteiger charge is 2.18. The molecule has 0 radical (unpaired) electrons. The predicted molar refractivity (Wildman–Crippen MR) is 105 cm³/mol. The van der Waals surface area contributed by atoms with Gasteiger partial charge in [-0.1, -0.05) is 6.07 Å². The number of carbonyl (C=O) groups is 1. The van der Waals surface area contributed by atoms with Gasteiger partial charge in [0.25, 0.3) is 5.91 Å². The zero-order chi connectivity index (χ0) is 19.8. The van der Waals surface area contributed by atoms with Gasteiger partial charge in [0.05, 0.1) is 5.39 Å². The lowest BCUT2D eigenvalue weighted by Crippen LogP contribution is -2.26. The van der Waals surface area contributed by atoms with E-state index in [1.54, 1.807) is 0 Å². The number of carbonyl (C=O) groups excluding carboxylic acids is 1. The Balaban J connectivity index is 1.62. The van der Waals surface area contributed by atoms with Gasteiger partial charge in [0.1, 0.15) is 5.82 Å². The molecule has 0 aliphatic carbocycles. The number of ether oxygens (including phenoxy) is 2. The van der Waals surface area contributed by atoms with E-state index in [-0.39, 0.29) is 18.5 Å². The summed E-state index contributed by atoms with van der Waals surface area (Å²) in [6, 6.07) is 7.55. The predicted octanol–water partition coefficient (Wildman–Crippen LogP) is 2.37. The van der Waals surface area contributed by atoms with Crippen molar-refractivity contribution in [3.05, 3.63) is 46.9 Å². The molecule has 0 unspecified atom stereocenters. The fourth-order valence-electron chi connectivity index (χ4n) is 3.19. The Morgan fingerprint density at radius 3 is 2.68 bits per heavy atom. The number of benzene rings is 1. The van der Waals surface area contributed by atoms with Crippen LogP contribution in [-0.2, 0) is 6.54 Å². The molecule has 0 spiro atoms. The fourth-order valence-corrected chi connectivity index (χ4v) is 3.19. The first-order valence-corrected chi connectivity index (χ1v) is 8.92. The normalized spacial score (nSPS) is 12.3. The molecule has 1 amide bonds. The second kappa shape index (κ2) is 6.95. The van der Waals surface area contributed by atoms with Crippen molar-refractivity contribution in [2.45, 2.75) is 20.4 Å². The minimum Gasteiger partial charge on any atom is -0.454 e. The molecule has 28 heavy (non-hydrogen) atoms. The number of aromatic nitrogens is 3. The largest absolute Gasteiger partial charge is 0.454 e. The monoisotopic (exact) mass is 379 g/mol. The molecule has 8 heteroatoms. The van der Waals surface area contributed by atoms with Gasteiger partial charge >= 0.3 is 0 Å². The molecule has 1 aliphatic rings. The van der Waals surface area contributed by atoms with Crippen molar-refractivity contribution < 1.29 is 14.3 Å². The molecule has 8 nitrogen and oxygen atoms in total. The second-order valence-electron chi connectivity index (χ2n) is 6.91. The minimum absolute atomic E-state index is 0.0921. The lowest BCUT2D eigenvalue weighted by atomic mass is 10.1. The van der Waals surface area contributed by atoms with Crippen molar-refractivity contribution in [3.63, 3.8) is 0 Å². The summed E-state index contributed by atoms with van der Waals surface area (Å²) >= 11 is 0. The molecule has 0 bridgehead atoms. The van der Waals surface area contributed by atoms with E-state index < -0.39 is 0 Å². The van der Waals surface area contributed by atoms with Crippen LogP contribution in [0.5, 0.6) is 11.5 Å². The molecule has 144 valence electrons. The van der Waals surface area contributed by atoms with Gasteiger partial charge in [-0.2, -0.15) is 0 Å². The van der Waals surface area contributed by atoms with Crippen LogP contribution in [0.3, 0.4) is 0 Å². The Kier molecular flexibility index (Phi) is 4.46. The molecule has 0 saturated carbocycles.